The van der Waals surface area contributed by atoms with Gasteiger partial charge < -0.3 is 10.2 Å². The van der Waals surface area contributed by atoms with Gasteiger partial charge in [0.25, 0.3) is 0 Å². The lowest BCUT2D eigenvalue weighted by atomic mass is 10.0. The first-order valence-corrected chi connectivity index (χ1v) is 8.89. The van der Waals surface area contributed by atoms with Crippen LogP contribution >= 0.6 is 0 Å². The first-order chi connectivity index (χ1) is 10.7. The summed E-state index contributed by atoms with van der Waals surface area (Å²) in [6.45, 7) is 2.24. The van der Waals surface area contributed by atoms with Gasteiger partial charge in [-0.25, -0.2) is 0 Å². The van der Waals surface area contributed by atoms with Crippen molar-refractivity contribution in [3.05, 3.63) is 35.9 Å². The van der Waals surface area contributed by atoms with Gasteiger partial charge in [0.2, 0.25) is 0 Å². The molecule has 0 aromatic heterocycles. The zero-order chi connectivity index (χ0) is 16.0. The van der Waals surface area contributed by atoms with E-state index < -0.39 is 0 Å². The maximum Gasteiger partial charge on any atom is 0.119 e. The SMILES string of the molecule is CCCCC/C=C\CCCCCCCc1cc(O)cc(O)c1. The van der Waals surface area contributed by atoms with Gasteiger partial charge in [-0.3, -0.25) is 0 Å². The minimum atomic E-state index is 0.153. The van der Waals surface area contributed by atoms with E-state index >= 15 is 0 Å². The fraction of sp³-hybridized carbons (Fsp3) is 0.600. The molecule has 0 amide bonds. The van der Waals surface area contributed by atoms with Gasteiger partial charge in [-0.1, -0.05) is 51.2 Å². The van der Waals surface area contributed by atoms with E-state index in [9.17, 15) is 10.2 Å². The summed E-state index contributed by atoms with van der Waals surface area (Å²) in [5.74, 6) is 0.307. The highest BCUT2D eigenvalue weighted by atomic mass is 16.3. The third-order valence-corrected chi connectivity index (χ3v) is 3.94. The van der Waals surface area contributed by atoms with Crippen LogP contribution in [0.25, 0.3) is 0 Å². The molecular formula is C20H32O2. The molecule has 0 saturated heterocycles. The standard InChI is InChI=1S/C20H32O2/c1-2-3-4-5-6-7-8-9-10-11-12-13-14-18-15-19(21)17-20(22)16-18/h6-7,15-17,21-22H,2-5,8-14H2,1H3/b7-6-. The molecule has 1 aromatic carbocycles. The topological polar surface area (TPSA) is 40.5 Å². The van der Waals surface area contributed by atoms with E-state index in [-0.39, 0.29) is 11.5 Å². The number of rotatable bonds is 12. The van der Waals surface area contributed by atoms with E-state index in [0.717, 1.165) is 18.4 Å². The van der Waals surface area contributed by atoms with E-state index in [4.69, 9.17) is 0 Å². The van der Waals surface area contributed by atoms with Crippen molar-refractivity contribution in [3.8, 4) is 11.5 Å². The summed E-state index contributed by atoms with van der Waals surface area (Å²) in [6.07, 6.45) is 18.2. The zero-order valence-corrected chi connectivity index (χ0v) is 14.1. The van der Waals surface area contributed by atoms with Crippen molar-refractivity contribution >= 4 is 0 Å². The maximum atomic E-state index is 9.42. The Hall–Kier alpha value is -1.44. The van der Waals surface area contributed by atoms with Crippen LogP contribution in [0.4, 0.5) is 0 Å². The Kier molecular flexibility index (Phi) is 10.3. The zero-order valence-electron chi connectivity index (χ0n) is 14.1. The van der Waals surface area contributed by atoms with E-state index in [2.05, 4.69) is 19.1 Å². The smallest absolute Gasteiger partial charge is 0.119 e. The number of hydrogen-bond donors (Lipinski definition) is 2. The number of unbranched alkanes of at least 4 members (excludes halogenated alkanes) is 8. The van der Waals surface area contributed by atoms with E-state index in [0.29, 0.717) is 0 Å². The second-order valence-corrected chi connectivity index (χ2v) is 6.13. The van der Waals surface area contributed by atoms with Gasteiger partial charge in [0, 0.05) is 6.07 Å². The van der Waals surface area contributed by atoms with E-state index in [1.165, 1.54) is 63.9 Å². The van der Waals surface area contributed by atoms with Crippen molar-refractivity contribution < 1.29 is 10.2 Å². The van der Waals surface area contributed by atoms with Crippen LogP contribution in [0.2, 0.25) is 0 Å². The van der Waals surface area contributed by atoms with Gasteiger partial charge in [-0.15, -0.1) is 0 Å². The Bertz CT molecular complexity index is 403. The first-order valence-electron chi connectivity index (χ1n) is 8.89. The summed E-state index contributed by atoms with van der Waals surface area (Å²) in [6, 6.07) is 4.85. The molecule has 22 heavy (non-hydrogen) atoms. The Balaban J connectivity index is 1.95. The normalized spacial score (nSPS) is 11.3. The summed E-state index contributed by atoms with van der Waals surface area (Å²) >= 11 is 0. The predicted octanol–water partition coefficient (Wildman–Crippen LogP) is 6.12. The van der Waals surface area contributed by atoms with Crippen LogP contribution in [-0.4, -0.2) is 10.2 Å². The van der Waals surface area contributed by atoms with Gasteiger partial charge in [-0.2, -0.15) is 0 Å². The fourth-order valence-corrected chi connectivity index (χ4v) is 2.67. The molecule has 2 heteroatoms. The number of benzene rings is 1. The van der Waals surface area contributed by atoms with Crippen molar-refractivity contribution in [2.75, 3.05) is 0 Å². The highest BCUT2D eigenvalue weighted by molar-refractivity contribution is 5.36. The lowest BCUT2D eigenvalue weighted by Gasteiger charge is -2.04. The van der Waals surface area contributed by atoms with Crippen LogP contribution in [-0.2, 0) is 6.42 Å². The summed E-state index contributed by atoms with van der Waals surface area (Å²) < 4.78 is 0. The third-order valence-electron chi connectivity index (χ3n) is 3.94. The molecule has 0 spiro atoms. The Morgan fingerprint density at radius 3 is 1.91 bits per heavy atom. The summed E-state index contributed by atoms with van der Waals surface area (Å²) in [5, 5.41) is 18.8. The van der Waals surface area contributed by atoms with Crippen LogP contribution < -0.4 is 0 Å². The van der Waals surface area contributed by atoms with Gasteiger partial charge in [0.15, 0.2) is 0 Å². The summed E-state index contributed by atoms with van der Waals surface area (Å²) in [4.78, 5) is 0. The maximum absolute atomic E-state index is 9.42. The number of aryl methyl sites for hydroxylation is 1. The van der Waals surface area contributed by atoms with Gasteiger partial charge in [0.05, 0.1) is 0 Å². The van der Waals surface area contributed by atoms with E-state index in [1.54, 1.807) is 12.1 Å². The average Bonchev–Trinajstić information content (AvgIpc) is 2.47. The summed E-state index contributed by atoms with van der Waals surface area (Å²) in [7, 11) is 0. The van der Waals surface area contributed by atoms with Crippen molar-refractivity contribution in [1.82, 2.24) is 0 Å². The Labute approximate surface area is 135 Å². The number of phenolic OH excluding ortho intramolecular Hbond substituents is 2. The molecule has 0 atom stereocenters. The lowest BCUT2D eigenvalue weighted by Crippen LogP contribution is -1.86. The molecule has 0 unspecified atom stereocenters. The molecule has 0 saturated carbocycles. The summed E-state index contributed by atoms with van der Waals surface area (Å²) in [5.41, 5.74) is 1.02. The molecule has 0 aliphatic rings. The number of allylic oxidation sites excluding steroid dienone is 2. The molecule has 124 valence electrons. The number of hydrogen-bond acceptors (Lipinski definition) is 2. The van der Waals surface area contributed by atoms with Crippen LogP contribution in [0.3, 0.4) is 0 Å². The number of phenols is 2. The molecular weight excluding hydrogens is 272 g/mol. The molecule has 2 N–H and O–H groups in total. The first kappa shape index (κ1) is 18.6. The molecule has 0 fully saturated rings. The average molecular weight is 304 g/mol. The Morgan fingerprint density at radius 2 is 1.27 bits per heavy atom. The molecule has 2 nitrogen and oxygen atoms in total. The van der Waals surface area contributed by atoms with Gasteiger partial charge in [-0.05, 0) is 56.2 Å². The van der Waals surface area contributed by atoms with Crippen molar-refractivity contribution in [1.29, 1.82) is 0 Å². The molecule has 1 rings (SSSR count). The highest BCUT2D eigenvalue weighted by Gasteiger charge is 1.99. The molecule has 0 radical (unpaired) electrons. The second-order valence-electron chi connectivity index (χ2n) is 6.13. The lowest BCUT2D eigenvalue weighted by molar-refractivity contribution is 0.449. The Morgan fingerprint density at radius 1 is 0.727 bits per heavy atom. The largest absolute Gasteiger partial charge is 0.508 e. The molecule has 0 aliphatic heterocycles. The molecule has 0 heterocycles. The van der Waals surface area contributed by atoms with Crippen LogP contribution in [0, 0.1) is 0 Å². The second kappa shape index (κ2) is 12.1. The van der Waals surface area contributed by atoms with Crippen LogP contribution in [0.1, 0.15) is 76.7 Å². The predicted molar refractivity (Wildman–Crippen MR) is 94.5 cm³/mol. The fourth-order valence-electron chi connectivity index (χ4n) is 2.67. The van der Waals surface area contributed by atoms with E-state index in [1.807, 2.05) is 0 Å². The minimum Gasteiger partial charge on any atom is -0.508 e. The molecule has 0 bridgehead atoms. The van der Waals surface area contributed by atoms with Gasteiger partial charge >= 0.3 is 0 Å². The van der Waals surface area contributed by atoms with Crippen molar-refractivity contribution in [3.63, 3.8) is 0 Å². The minimum absolute atomic E-state index is 0.153. The third kappa shape index (κ3) is 9.49. The van der Waals surface area contributed by atoms with Gasteiger partial charge in [0.1, 0.15) is 11.5 Å². The van der Waals surface area contributed by atoms with Crippen molar-refractivity contribution in [2.24, 2.45) is 0 Å². The van der Waals surface area contributed by atoms with Crippen LogP contribution in [0.15, 0.2) is 30.4 Å². The quantitative estimate of drug-likeness (QED) is 0.361. The highest BCUT2D eigenvalue weighted by Crippen LogP contribution is 2.22. The van der Waals surface area contributed by atoms with Crippen LogP contribution in [0.5, 0.6) is 11.5 Å². The van der Waals surface area contributed by atoms with Crippen molar-refractivity contribution in [2.45, 2.75) is 77.6 Å². The molecule has 1 aromatic rings. The monoisotopic (exact) mass is 304 g/mol. The molecule has 0 aliphatic carbocycles. The number of aromatic hydroxyl groups is 2.